The van der Waals surface area contributed by atoms with Crippen LogP contribution in [0.15, 0.2) is 28.7 Å². The lowest BCUT2D eigenvalue weighted by atomic mass is 10.1. The third-order valence-electron chi connectivity index (χ3n) is 3.51. The summed E-state index contributed by atoms with van der Waals surface area (Å²) in [4.78, 5) is 13.6. The van der Waals surface area contributed by atoms with E-state index in [-0.39, 0.29) is 36.3 Å². The zero-order valence-electron chi connectivity index (χ0n) is 12.7. The van der Waals surface area contributed by atoms with Crippen molar-refractivity contribution in [2.45, 2.75) is 13.0 Å². The van der Waals surface area contributed by atoms with Crippen molar-refractivity contribution in [3.8, 4) is 11.5 Å². The first-order valence-electron chi connectivity index (χ1n) is 7.38. The fraction of sp³-hybridized carbons (Fsp3) is 0.400. The fourth-order valence-corrected chi connectivity index (χ4v) is 2.25. The van der Waals surface area contributed by atoms with E-state index in [9.17, 15) is 9.18 Å². The standard InChI is InChI=1S/C15H17FN4O3/c1-2-22-12-8-20(9-12)13(21)7-17-15-19-18-14(23-15)10-3-5-11(16)6-4-10/h3-6,12H,2,7-9H2,1H3,(H,17,19). The molecule has 1 fully saturated rings. The van der Waals surface area contributed by atoms with Crippen LogP contribution in [0.5, 0.6) is 0 Å². The molecule has 23 heavy (non-hydrogen) atoms. The minimum absolute atomic E-state index is 0.0533. The van der Waals surface area contributed by atoms with E-state index in [4.69, 9.17) is 9.15 Å². The number of carbonyl (C=O) groups is 1. The van der Waals surface area contributed by atoms with Crippen molar-refractivity contribution >= 4 is 11.9 Å². The molecule has 8 heteroatoms. The van der Waals surface area contributed by atoms with Crippen molar-refractivity contribution in [1.29, 1.82) is 0 Å². The summed E-state index contributed by atoms with van der Waals surface area (Å²) in [6, 6.07) is 5.88. The quantitative estimate of drug-likeness (QED) is 0.869. The number of hydrogen-bond acceptors (Lipinski definition) is 6. The monoisotopic (exact) mass is 320 g/mol. The summed E-state index contributed by atoms with van der Waals surface area (Å²) in [6.07, 6.45) is 0.137. The lowest BCUT2D eigenvalue weighted by molar-refractivity contribution is -0.142. The number of benzene rings is 1. The van der Waals surface area contributed by atoms with Crippen LogP contribution in [-0.2, 0) is 9.53 Å². The van der Waals surface area contributed by atoms with Gasteiger partial charge in [0, 0.05) is 25.3 Å². The van der Waals surface area contributed by atoms with Gasteiger partial charge in [-0.25, -0.2) is 4.39 Å². The average molecular weight is 320 g/mol. The predicted molar refractivity (Wildman–Crippen MR) is 80.2 cm³/mol. The smallest absolute Gasteiger partial charge is 0.316 e. The third-order valence-corrected chi connectivity index (χ3v) is 3.51. The molecule has 1 aliphatic heterocycles. The minimum Gasteiger partial charge on any atom is -0.403 e. The van der Waals surface area contributed by atoms with Crippen LogP contribution in [0.1, 0.15) is 6.92 Å². The summed E-state index contributed by atoms with van der Waals surface area (Å²) < 4.78 is 23.7. The molecule has 0 unspecified atom stereocenters. The molecule has 1 saturated heterocycles. The molecule has 0 atom stereocenters. The number of rotatable bonds is 6. The number of ether oxygens (including phenoxy) is 1. The molecule has 1 aromatic carbocycles. The molecule has 7 nitrogen and oxygen atoms in total. The van der Waals surface area contributed by atoms with E-state index < -0.39 is 0 Å². The van der Waals surface area contributed by atoms with Crippen LogP contribution >= 0.6 is 0 Å². The lowest BCUT2D eigenvalue weighted by Gasteiger charge is -2.38. The van der Waals surface area contributed by atoms with Gasteiger partial charge in [0.05, 0.1) is 12.6 Å². The first-order chi connectivity index (χ1) is 11.2. The van der Waals surface area contributed by atoms with Gasteiger partial charge in [0.15, 0.2) is 0 Å². The Labute approximate surface area is 132 Å². The van der Waals surface area contributed by atoms with Crippen LogP contribution in [0.4, 0.5) is 10.4 Å². The molecule has 1 amide bonds. The van der Waals surface area contributed by atoms with E-state index in [2.05, 4.69) is 15.5 Å². The maximum Gasteiger partial charge on any atom is 0.316 e. The molecule has 1 aromatic heterocycles. The molecule has 0 bridgehead atoms. The van der Waals surface area contributed by atoms with Crippen molar-refractivity contribution < 1.29 is 18.3 Å². The zero-order chi connectivity index (χ0) is 16.2. The molecule has 0 aliphatic carbocycles. The molecule has 1 N–H and O–H groups in total. The van der Waals surface area contributed by atoms with Crippen LogP contribution in [0, 0.1) is 5.82 Å². The van der Waals surface area contributed by atoms with Crippen LogP contribution in [0.2, 0.25) is 0 Å². The summed E-state index contributed by atoms with van der Waals surface area (Å²) in [5, 5.41) is 10.5. The van der Waals surface area contributed by atoms with Gasteiger partial charge in [-0.15, -0.1) is 5.10 Å². The molecule has 0 radical (unpaired) electrons. The van der Waals surface area contributed by atoms with Crippen LogP contribution < -0.4 is 5.32 Å². The molecule has 3 rings (SSSR count). The molecule has 2 aromatic rings. The van der Waals surface area contributed by atoms with Crippen LogP contribution in [0.25, 0.3) is 11.5 Å². The fourth-order valence-electron chi connectivity index (χ4n) is 2.25. The topological polar surface area (TPSA) is 80.5 Å². The number of nitrogens with zero attached hydrogens (tertiary/aromatic N) is 3. The SMILES string of the molecule is CCOC1CN(C(=O)CNc2nnc(-c3ccc(F)cc3)o2)C1. The van der Waals surface area contributed by atoms with Crippen molar-refractivity contribution in [2.75, 3.05) is 31.6 Å². The van der Waals surface area contributed by atoms with Gasteiger partial charge in [0.1, 0.15) is 5.82 Å². The van der Waals surface area contributed by atoms with E-state index in [0.29, 0.717) is 25.3 Å². The van der Waals surface area contributed by atoms with Crippen molar-refractivity contribution in [3.05, 3.63) is 30.1 Å². The summed E-state index contributed by atoms with van der Waals surface area (Å²) >= 11 is 0. The van der Waals surface area contributed by atoms with Gasteiger partial charge in [0.2, 0.25) is 11.8 Å². The lowest BCUT2D eigenvalue weighted by Crippen LogP contribution is -2.56. The Kier molecular flexibility index (Phi) is 4.52. The highest BCUT2D eigenvalue weighted by atomic mass is 19.1. The van der Waals surface area contributed by atoms with E-state index in [0.717, 1.165) is 0 Å². The molecular weight excluding hydrogens is 303 g/mol. The largest absolute Gasteiger partial charge is 0.403 e. The Morgan fingerprint density at radius 2 is 2.13 bits per heavy atom. The summed E-state index contributed by atoms with van der Waals surface area (Å²) in [7, 11) is 0. The number of nitrogens with one attached hydrogen (secondary N) is 1. The molecule has 2 heterocycles. The van der Waals surface area contributed by atoms with E-state index in [1.807, 2.05) is 6.92 Å². The second-order valence-electron chi connectivity index (χ2n) is 5.15. The third kappa shape index (κ3) is 3.65. The second kappa shape index (κ2) is 6.74. The zero-order valence-corrected chi connectivity index (χ0v) is 12.7. The van der Waals surface area contributed by atoms with Crippen molar-refractivity contribution in [1.82, 2.24) is 15.1 Å². The van der Waals surface area contributed by atoms with Crippen LogP contribution in [0.3, 0.4) is 0 Å². The van der Waals surface area contributed by atoms with Gasteiger partial charge in [-0.3, -0.25) is 4.79 Å². The Bertz CT molecular complexity index is 668. The molecule has 0 spiro atoms. The predicted octanol–water partition coefficient (Wildman–Crippen LogP) is 1.53. The van der Waals surface area contributed by atoms with Gasteiger partial charge < -0.3 is 19.4 Å². The number of amides is 1. The van der Waals surface area contributed by atoms with Gasteiger partial charge >= 0.3 is 6.01 Å². The van der Waals surface area contributed by atoms with Crippen molar-refractivity contribution in [2.24, 2.45) is 0 Å². The molecule has 0 saturated carbocycles. The second-order valence-corrected chi connectivity index (χ2v) is 5.15. The average Bonchev–Trinajstić information content (AvgIpc) is 2.98. The number of anilines is 1. The molecule has 1 aliphatic rings. The molecule has 122 valence electrons. The number of hydrogen-bond donors (Lipinski definition) is 1. The summed E-state index contributed by atoms with van der Waals surface area (Å²) in [6.45, 7) is 3.88. The summed E-state index contributed by atoms with van der Waals surface area (Å²) in [5.74, 6) is -0.125. The Morgan fingerprint density at radius 1 is 1.39 bits per heavy atom. The first kappa shape index (κ1) is 15.4. The van der Waals surface area contributed by atoms with E-state index >= 15 is 0 Å². The van der Waals surface area contributed by atoms with Gasteiger partial charge in [0.25, 0.3) is 0 Å². The Hall–Kier alpha value is -2.48. The number of carbonyl (C=O) groups excluding carboxylic acids is 1. The van der Waals surface area contributed by atoms with Crippen molar-refractivity contribution in [3.63, 3.8) is 0 Å². The summed E-state index contributed by atoms with van der Waals surface area (Å²) in [5.41, 5.74) is 0.612. The van der Waals surface area contributed by atoms with Gasteiger partial charge in [-0.2, -0.15) is 0 Å². The van der Waals surface area contributed by atoms with Gasteiger partial charge in [-0.05, 0) is 31.2 Å². The Morgan fingerprint density at radius 3 is 2.83 bits per heavy atom. The number of halogens is 1. The first-order valence-corrected chi connectivity index (χ1v) is 7.38. The highest BCUT2D eigenvalue weighted by Gasteiger charge is 2.30. The normalized spacial score (nSPS) is 14.6. The minimum atomic E-state index is -0.336. The molecular formula is C15H17FN4O3. The van der Waals surface area contributed by atoms with Gasteiger partial charge in [-0.1, -0.05) is 5.10 Å². The highest BCUT2D eigenvalue weighted by Crippen LogP contribution is 2.20. The maximum atomic E-state index is 12.9. The number of aromatic nitrogens is 2. The van der Waals surface area contributed by atoms with Crippen LogP contribution in [-0.4, -0.2) is 53.3 Å². The highest BCUT2D eigenvalue weighted by molar-refractivity contribution is 5.81. The van der Waals surface area contributed by atoms with E-state index in [1.54, 1.807) is 17.0 Å². The van der Waals surface area contributed by atoms with E-state index in [1.165, 1.54) is 12.1 Å². The number of likely N-dealkylation sites (tertiary alicyclic amines) is 1. The Balaban J connectivity index is 1.50. The maximum absolute atomic E-state index is 12.9.